The molecule has 3 aromatic carbocycles. The van der Waals surface area contributed by atoms with Crippen LogP contribution in [0.4, 0.5) is 0 Å². The van der Waals surface area contributed by atoms with Gasteiger partial charge in [0.1, 0.15) is 0 Å². The second-order valence-corrected chi connectivity index (χ2v) is 9.11. The highest BCUT2D eigenvalue weighted by Crippen LogP contribution is 2.62. The van der Waals surface area contributed by atoms with E-state index in [1.54, 1.807) is 0 Å². The molecule has 1 heterocycles. The zero-order valence-electron chi connectivity index (χ0n) is 18.7. The van der Waals surface area contributed by atoms with E-state index < -0.39 is 11.0 Å². The molecule has 0 saturated carbocycles. The van der Waals surface area contributed by atoms with E-state index in [1.165, 1.54) is 18.2 Å². The highest BCUT2D eigenvalue weighted by Gasteiger charge is 2.69. The number of hydroxylamine groups is 2. The van der Waals surface area contributed by atoms with Crippen LogP contribution in [0.1, 0.15) is 35.6 Å². The number of methoxy groups -OCH3 is 1. The van der Waals surface area contributed by atoms with E-state index in [9.17, 15) is 4.79 Å². The Kier molecular flexibility index (Phi) is 5.36. The Morgan fingerprint density at radius 2 is 1.56 bits per heavy atom. The lowest BCUT2D eigenvalue weighted by Crippen LogP contribution is -2.51. The SMILES string of the molecule is COC(=O)[C@@]12Cc3ccccc3[C@]1(C)N(OCc1ccccc1)C(Cc1ccccc1)C2. The summed E-state index contributed by atoms with van der Waals surface area (Å²) in [7, 11) is 1.50. The zero-order chi connectivity index (χ0) is 22.2. The summed E-state index contributed by atoms with van der Waals surface area (Å²) in [5.41, 5.74) is 3.42. The van der Waals surface area contributed by atoms with Crippen LogP contribution in [0.3, 0.4) is 0 Å². The minimum absolute atomic E-state index is 0.0542. The zero-order valence-corrected chi connectivity index (χ0v) is 18.7. The van der Waals surface area contributed by atoms with Crippen LogP contribution < -0.4 is 0 Å². The number of hydrogen-bond donors (Lipinski definition) is 0. The molecule has 1 saturated heterocycles. The Labute approximate surface area is 189 Å². The van der Waals surface area contributed by atoms with E-state index in [-0.39, 0.29) is 12.0 Å². The number of hydrogen-bond acceptors (Lipinski definition) is 4. The number of nitrogens with zero attached hydrogens (tertiary/aromatic N) is 1. The normalized spacial score (nSPS) is 26.5. The summed E-state index contributed by atoms with van der Waals surface area (Å²) >= 11 is 0. The maximum atomic E-state index is 13.4. The first-order valence-corrected chi connectivity index (χ1v) is 11.3. The van der Waals surface area contributed by atoms with Gasteiger partial charge in [0.25, 0.3) is 0 Å². The molecule has 0 N–H and O–H groups in total. The summed E-state index contributed by atoms with van der Waals surface area (Å²) in [5.74, 6) is -0.153. The molecular formula is C28H29NO3. The number of carbonyl (C=O) groups is 1. The summed E-state index contributed by atoms with van der Waals surface area (Å²) in [6.07, 6.45) is 2.17. The van der Waals surface area contributed by atoms with Gasteiger partial charge in [0.15, 0.2) is 0 Å². The number of rotatable bonds is 6. The number of fused-ring (bicyclic) bond motifs is 3. The molecule has 5 rings (SSSR count). The van der Waals surface area contributed by atoms with E-state index in [1.807, 2.05) is 30.3 Å². The molecule has 164 valence electrons. The van der Waals surface area contributed by atoms with Crippen molar-refractivity contribution in [3.05, 3.63) is 107 Å². The Hall–Kier alpha value is -2.95. The molecule has 3 aromatic rings. The molecule has 4 heteroatoms. The first-order valence-electron chi connectivity index (χ1n) is 11.3. The predicted molar refractivity (Wildman–Crippen MR) is 124 cm³/mol. The van der Waals surface area contributed by atoms with Gasteiger partial charge in [-0.1, -0.05) is 84.9 Å². The molecule has 0 radical (unpaired) electrons. The van der Waals surface area contributed by atoms with Gasteiger partial charge in [-0.25, -0.2) is 0 Å². The number of esters is 1. The van der Waals surface area contributed by atoms with Crippen molar-refractivity contribution >= 4 is 5.97 Å². The lowest BCUT2D eigenvalue weighted by atomic mass is 9.71. The van der Waals surface area contributed by atoms with Crippen molar-refractivity contribution in [2.24, 2.45) is 5.41 Å². The minimum atomic E-state index is -0.679. The van der Waals surface area contributed by atoms with Crippen molar-refractivity contribution < 1.29 is 14.4 Å². The van der Waals surface area contributed by atoms with Crippen molar-refractivity contribution in [2.45, 2.75) is 44.4 Å². The van der Waals surface area contributed by atoms with Crippen LogP contribution in [0.2, 0.25) is 0 Å². The third-order valence-electron chi connectivity index (χ3n) is 7.43. The van der Waals surface area contributed by atoms with Gasteiger partial charge in [0.05, 0.1) is 24.7 Å². The molecule has 1 aliphatic carbocycles. The molecule has 2 aliphatic rings. The maximum absolute atomic E-state index is 13.4. The topological polar surface area (TPSA) is 38.8 Å². The molecule has 1 fully saturated rings. The van der Waals surface area contributed by atoms with Gasteiger partial charge in [0, 0.05) is 6.04 Å². The van der Waals surface area contributed by atoms with Crippen LogP contribution in [0.5, 0.6) is 0 Å². The quantitative estimate of drug-likeness (QED) is 0.515. The fraction of sp³-hybridized carbons (Fsp3) is 0.321. The molecule has 0 spiro atoms. The smallest absolute Gasteiger partial charge is 0.314 e. The summed E-state index contributed by atoms with van der Waals surface area (Å²) in [4.78, 5) is 20.0. The molecule has 0 bridgehead atoms. The lowest BCUT2D eigenvalue weighted by molar-refractivity contribution is -0.246. The van der Waals surface area contributed by atoms with Gasteiger partial charge in [0.2, 0.25) is 0 Å². The van der Waals surface area contributed by atoms with Gasteiger partial charge in [-0.2, -0.15) is 5.06 Å². The van der Waals surface area contributed by atoms with Crippen LogP contribution in [0, 0.1) is 5.41 Å². The minimum Gasteiger partial charge on any atom is -0.469 e. The summed E-state index contributed by atoms with van der Waals surface area (Å²) in [6.45, 7) is 2.62. The molecule has 0 aromatic heterocycles. The van der Waals surface area contributed by atoms with Crippen LogP contribution in [0.15, 0.2) is 84.9 Å². The number of benzene rings is 3. The molecule has 4 nitrogen and oxygen atoms in total. The highest BCUT2D eigenvalue weighted by molar-refractivity contribution is 5.82. The van der Waals surface area contributed by atoms with Crippen LogP contribution in [-0.2, 0) is 39.4 Å². The average Bonchev–Trinajstić information content (AvgIpc) is 3.22. The summed E-state index contributed by atoms with van der Waals surface area (Å²) in [5, 5.41) is 2.12. The van der Waals surface area contributed by atoms with E-state index in [4.69, 9.17) is 9.57 Å². The standard InChI is InChI=1S/C28H29NO3/c1-27-25-16-10-9-15-23(25)18-28(27,26(30)31-2)19-24(17-21-11-5-3-6-12-21)29(27)32-20-22-13-7-4-8-14-22/h3-16,24H,17-20H2,1-2H3/t24?,27-,28-/m0/s1. The average molecular weight is 428 g/mol. The first kappa shape index (κ1) is 20.9. The number of carbonyl (C=O) groups excluding carboxylic acids is 1. The van der Waals surface area contributed by atoms with Crippen molar-refractivity contribution in [1.29, 1.82) is 0 Å². The third kappa shape index (κ3) is 3.17. The summed E-state index contributed by atoms with van der Waals surface area (Å²) < 4.78 is 5.42. The van der Waals surface area contributed by atoms with E-state index in [0.717, 1.165) is 17.5 Å². The molecule has 3 atom stereocenters. The van der Waals surface area contributed by atoms with Crippen molar-refractivity contribution in [1.82, 2.24) is 5.06 Å². The van der Waals surface area contributed by atoms with Gasteiger partial charge in [-0.05, 0) is 48.4 Å². The first-order chi connectivity index (χ1) is 15.6. The fourth-order valence-corrected chi connectivity index (χ4v) is 5.90. The van der Waals surface area contributed by atoms with Crippen LogP contribution in [-0.4, -0.2) is 24.2 Å². The molecule has 32 heavy (non-hydrogen) atoms. The molecular weight excluding hydrogens is 398 g/mol. The Morgan fingerprint density at radius 3 is 2.25 bits per heavy atom. The van der Waals surface area contributed by atoms with Gasteiger partial charge in [-0.3, -0.25) is 9.63 Å². The van der Waals surface area contributed by atoms with Gasteiger partial charge < -0.3 is 4.74 Å². The Morgan fingerprint density at radius 1 is 0.938 bits per heavy atom. The molecule has 1 unspecified atom stereocenters. The van der Waals surface area contributed by atoms with Gasteiger partial charge >= 0.3 is 5.97 Å². The third-order valence-corrected chi connectivity index (χ3v) is 7.43. The Balaban J connectivity index is 1.58. The van der Waals surface area contributed by atoms with Crippen LogP contribution >= 0.6 is 0 Å². The van der Waals surface area contributed by atoms with Crippen molar-refractivity contribution in [2.75, 3.05) is 7.11 Å². The summed E-state index contributed by atoms with van der Waals surface area (Å²) in [6, 6.07) is 29.1. The Bertz CT molecular complexity index is 1100. The highest BCUT2D eigenvalue weighted by atomic mass is 16.7. The fourth-order valence-electron chi connectivity index (χ4n) is 5.90. The van der Waals surface area contributed by atoms with Crippen LogP contribution in [0.25, 0.3) is 0 Å². The molecule has 1 aliphatic heterocycles. The second-order valence-electron chi connectivity index (χ2n) is 9.11. The van der Waals surface area contributed by atoms with Crippen molar-refractivity contribution in [3.63, 3.8) is 0 Å². The predicted octanol–water partition coefficient (Wildman–Crippen LogP) is 5.07. The van der Waals surface area contributed by atoms with E-state index in [2.05, 4.69) is 66.6 Å². The number of ether oxygens (including phenoxy) is 1. The second kappa shape index (κ2) is 8.19. The maximum Gasteiger partial charge on any atom is 0.314 e. The van der Waals surface area contributed by atoms with Gasteiger partial charge in [-0.15, -0.1) is 0 Å². The monoisotopic (exact) mass is 427 g/mol. The van der Waals surface area contributed by atoms with Crippen molar-refractivity contribution in [3.8, 4) is 0 Å². The lowest BCUT2D eigenvalue weighted by Gasteiger charge is -2.41. The van der Waals surface area contributed by atoms with E-state index in [0.29, 0.717) is 19.4 Å². The molecule has 0 amide bonds. The largest absolute Gasteiger partial charge is 0.469 e. The van der Waals surface area contributed by atoms with E-state index >= 15 is 0 Å².